The van der Waals surface area contributed by atoms with Crippen molar-refractivity contribution in [3.63, 3.8) is 0 Å². The lowest BCUT2D eigenvalue weighted by atomic mass is 10.1. The smallest absolute Gasteiger partial charge is 0.335 e. The SMILES string of the molecule is CCCCc1nc2c(N)nc3cc(C(=O)O)ccc3c2n1Cc1ccc(CN(CC)CC)cc1. The summed E-state index contributed by atoms with van der Waals surface area (Å²) >= 11 is 0. The van der Waals surface area contributed by atoms with Gasteiger partial charge in [0.25, 0.3) is 0 Å². The van der Waals surface area contributed by atoms with Gasteiger partial charge in [-0.15, -0.1) is 0 Å². The first kappa shape index (κ1) is 23.7. The summed E-state index contributed by atoms with van der Waals surface area (Å²) < 4.78 is 2.23. The molecule has 0 aliphatic carbocycles. The normalized spacial score (nSPS) is 11.6. The van der Waals surface area contributed by atoms with E-state index in [9.17, 15) is 9.90 Å². The van der Waals surface area contributed by atoms with Crippen molar-refractivity contribution in [2.45, 2.75) is 53.1 Å². The summed E-state index contributed by atoms with van der Waals surface area (Å²) in [7, 11) is 0. The van der Waals surface area contributed by atoms with Gasteiger partial charge in [-0.05, 0) is 48.8 Å². The maximum Gasteiger partial charge on any atom is 0.335 e. The second-order valence-electron chi connectivity index (χ2n) is 8.73. The van der Waals surface area contributed by atoms with E-state index in [1.54, 1.807) is 12.1 Å². The molecular formula is C27H33N5O2. The van der Waals surface area contributed by atoms with Gasteiger partial charge in [-0.2, -0.15) is 0 Å². The lowest BCUT2D eigenvalue weighted by Gasteiger charge is -2.18. The Hall–Kier alpha value is -3.45. The van der Waals surface area contributed by atoms with E-state index in [1.165, 1.54) is 11.1 Å². The van der Waals surface area contributed by atoms with Crippen molar-refractivity contribution in [2.75, 3.05) is 18.8 Å². The Labute approximate surface area is 200 Å². The summed E-state index contributed by atoms with van der Waals surface area (Å²) in [4.78, 5) is 23.2. The van der Waals surface area contributed by atoms with Crippen LogP contribution in [-0.4, -0.2) is 43.6 Å². The van der Waals surface area contributed by atoms with Gasteiger partial charge in [0.1, 0.15) is 11.3 Å². The van der Waals surface area contributed by atoms with Crippen LogP contribution in [-0.2, 0) is 19.5 Å². The van der Waals surface area contributed by atoms with Gasteiger partial charge in [-0.25, -0.2) is 14.8 Å². The summed E-state index contributed by atoms with van der Waals surface area (Å²) in [5, 5.41) is 10.3. The van der Waals surface area contributed by atoms with Crippen LogP contribution in [0.1, 0.15) is 60.9 Å². The maximum absolute atomic E-state index is 11.5. The van der Waals surface area contributed by atoms with Crippen molar-refractivity contribution in [1.29, 1.82) is 0 Å². The molecule has 2 aromatic carbocycles. The lowest BCUT2D eigenvalue weighted by molar-refractivity contribution is 0.0697. The highest BCUT2D eigenvalue weighted by molar-refractivity contribution is 6.08. The third-order valence-electron chi connectivity index (χ3n) is 6.45. The Balaban J connectivity index is 1.79. The van der Waals surface area contributed by atoms with Gasteiger partial charge in [-0.1, -0.05) is 51.5 Å². The van der Waals surface area contributed by atoms with Crippen LogP contribution < -0.4 is 5.73 Å². The number of pyridine rings is 1. The van der Waals surface area contributed by atoms with Crippen LogP contribution in [0.3, 0.4) is 0 Å². The Bertz CT molecular complexity index is 1310. The highest BCUT2D eigenvalue weighted by Gasteiger charge is 2.18. The van der Waals surface area contributed by atoms with Crippen molar-refractivity contribution in [2.24, 2.45) is 0 Å². The molecule has 0 unspecified atom stereocenters. The van der Waals surface area contributed by atoms with Crippen molar-refractivity contribution in [3.05, 3.63) is 65.0 Å². The molecule has 34 heavy (non-hydrogen) atoms. The number of unbranched alkanes of at least 4 members (excludes halogenated alkanes) is 1. The van der Waals surface area contributed by atoms with Crippen LogP contribution >= 0.6 is 0 Å². The Morgan fingerprint density at radius 3 is 2.38 bits per heavy atom. The van der Waals surface area contributed by atoms with E-state index in [-0.39, 0.29) is 5.56 Å². The zero-order chi connectivity index (χ0) is 24.2. The molecule has 4 rings (SSSR count). The van der Waals surface area contributed by atoms with Gasteiger partial charge in [-0.3, -0.25) is 4.90 Å². The van der Waals surface area contributed by atoms with E-state index < -0.39 is 5.97 Å². The quantitative estimate of drug-likeness (QED) is 0.342. The van der Waals surface area contributed by atoms with Gasteiger partial charge < -0.3 is 15.4 Å². The number of carbonyl (C=O) groups is 1. The van der Waals surface area contributed by atoms with E-state index in [2.05, 4.69) is 59.5 Å². The van der Waals surface area contributed by atoms with Crippen molar-refractivity contribution in [3.8, 4) is 0 Å². The molecule has 0 amide bonds. The fourth-order valence-electron chi connectivity index (χ4n) is 4.43. The van der Waals surface area contributed by atoms with E-state index in [4.69, 9.17) is 10.7 Å². The minimum absolute atomic E-state index is 0.194. The molecule has 0 saturated carbocycles. The molecule has 2 aromatic heterocycles. The monoisotopic (exact) mass is 459 g/mol. The third kappa shape index (κ3) is 4.75. The molecule has 0 saturated heterocycles. The number of anilines is 1. The molecule has 3 N–H and O–H groups in total. The second-order valence-corrected chi connectivity index (χ2v) is 8.73. The summed E-state index contributed by atoms with van der Waals surface area (Å²) in [5.41, 5.74) is 11.2. The van der Waals surface area contributed by atoms with Crippen molar-refractivity contribution in [1.82, 2.24) is 19.4 Å². The van der Waals surface area contributed by atoms with Crippen LogP contribution in [0.2, 0.25) is 0 Å². The largest absolute Gasteiger partial charge is 0.478 e. The molecule has 0 aliphatic heterocycles. The van der Waals surface area contributed by atoms with Gasteiger partial charge >= 0.3 is 5.97 Å². The molecule has 0 bridgehead atoms. The predicted octanol–water partition coefficient (Wildman–Crippen LogP) is 5.10. The van der Waals surface area contributed by atoms with E-state index in [0.29, 0.717) is 23.4 Å². The highest BCUT2D eigenvalue weighted by Crippen LogP contribution is 2.30. The number of nitrogens with zero attached hydrogens (tertiary/aromatic N) is 4. The van der Waals surface area contributed by atoms with Gasteiger partial charge in [0.05, 0.1) is 16.6 Å². The second kappa shape index (κ2) is 10.2. The number of nitrogens with two attached hydrogens (primary N) is 1. The standard InChI is InChI=1S/C27H33N5O2/c1-4-7-8-23-30-24-25(21-14-13-20(27(33)34)15-22(21)29-26(24)28)32(23)17-19-11-9-18(10-12-19)16-31(5-2)6-3/h9-15H,4-8,16-17H2,1-3H3,(H2,28,29)(H,33,34). The number of nitrogen functional groups attached to an aromatic ring is 1. The molecule has 7 nitrogen and oxygen atoms in total. The number of hydrogen-bond acceptors (Lipinski definition) is 5. The number of carboxylic acids is 1. The zero-order valence-corrected chi connectivity index (χ0v) is 20.2. The number of aromatic carboxylic acids is 1. The number of carboxylic acid groups (broad SMARTS) is 1. The lowest BCUT2D eigenvalue weighted by Crippen LogP contribution is -2.22. The summed E-state index contributed by atoms with van der Waals surface area (Å²) in [6.07, 6.45) is 2.94. The summed E-state index contributed by atoms with van der Waals surface area (Å²) in [5.74, 6) is 0.327. The number of aryl methyl sites for hydroxylation is 1. The third-order valence-corrected chi connectivity index (χ3v) is 6.45. The van der Waals surface area contributed by atoms with Crippen LogP contribution in [0.5, 0.6) is 0 Å². The van der Waals surface area contributed by atoms with Gasteiger partial charge in [0.15, 0.2) is 5.82 Å². The fourth-order valence-corrected chi connectivity index (χ4v) is 4.43. The van der Waals surface area contributed by atoms with Crippen LogP contribution in [0, 0.1) is 0 Å². The minimum atomic E-state index is -0.982. The number of benzene rings is 2. The molecule has 0 fully saturated rings. The molecule has 0 atom stereocenters. The highest BCUT2D eigenvalue weighted by atomic mass is 16.4. The maximum atomic E-state index is 11.5. The molecule has 178 valence electrons. The topological polar surface area (TPSA) is 97.3 Å². The molecule has 0 radical (unpaired) electrons. The molecule has 0 aliphatic rings. The molecule has 7 heteroatoms. The van der Waals surface area contributed by atoms with Gasteiger partial charge in [0, 0.05) is 24.9 Å². The first-order valence-corrected chi connectivity index (χ1v) is 12.1. The van der Waals surface area contributed by atoms with E-state index in [1.807, 2.05) is 6.07 Å². The minimum Gasteiger partial charge on any atom is -0.478 e. The molecular weight excluding hydrogens is 426 g/mol. The average molecular weight is 460 g/mol. The number of fused-ring (bicyclic) bond motifs is 3. The number of aromatic nitrogens is 3. The first-order chi connectivity index (χ1) is 16.4. The zero-order valence-electron chi connectivity index (χ0n) is 20.2. The van der Waals surface area contributed by atoms with E-state index in [0.717, 1.165) is 55.6 Å². The van der Waals surface area contributed by atoms with Crippen molar-refractivity contribution >= 4 is 33.7 Å². The predicted molar refractivity (Wildman–Crippen MR) is 137 cm³/mol. The van der Waals surface area contributed by atoms with Crippen molar-refractivity contribution < 1.29 is 9.90 Å². The van der Waals surface area contributed by atoms with E-state index >= 15 is 0 Å². The Kier molecular flexibility index (Phi) is 7.12. The summed E-state index contributed by atoms with van der Waals surface area (Å²) in [6, 6.07) is 13.8. The Morgan fingerprint density at radius 2 is 1.74 bits per heavy atom. The van der Waals surface area contributed by atoms with Crippen LogP contribution in [0.15, 0.2) is 42.5 Å². The first-order valence-electron chi connectivity index (χ1n) is 12.1. The van der Waals surface area contributed by atoms with Crippen LogP contribution in [0.4, 0.5) is 5.82 Å². The summed E-state index contributed by atoms with van der Waals surface area (Å²) in [6.45, 7) is 10.2. The molecule has 0 spiro atoms. The number of imidazole rings is 1. The van der Waals surface area contributed by atoms with Crippen LogP contribution in [0.25, 0.3) is 21.9 Å². The Morgan fingerprint density at radius 1 is 1.03 bits per heavy atom. The molecule has 2 heterocycles. The number of hydrogen-bond donors (Lipinski definition) is 2. The average Bonchev–Trinajstić information content (AvgIpc) is 3.20. The fraction of sp³-hybridized carbons (Fsp3) is 0.370. The van der Waals surface area contributed by atoms with Gasteiger partial charge in [0.2, 0.25) is 0 Å². The number of rotatable bonds is 10. The molecule has 4 aromatic rings.